The van der Waals surface area contributed by atoms with Crippen molar-refractivity contribution in [2.24, 2.45) is 0 Å². The standard InChI is InChI=1S/C64H49NO2/c1-36-21-23-38(24-22-36)65(40-26-28-42-50(32-40)64(6,7)53-33-45(37-15-9-8-10-16-37)61-60(57(42)53)44-18-12-14-20-55(44)67-61)39-25-27-41-46-34-52-47(35-51(46)63(4,5)49(41)31-39)58-48(62(52,2)3)29-30-56-59(58)43-17-11-13-19-54(43)66-56/h8-35H,1-7H3. The lowest BCUT2D eigenvalue weighted by atomic mass is 9.79. The van der Waals surface area contributed by atoms with Gasteiger partial charge in [-0.3, -0.25) is 0 Å². The van der Waals surface area contributed by atoms with Gasteiger partial charge >= 0.3 is 0 Å². The van der Waals surface area contributed by atoms with E-state index in [0.717, 1.165) is 55.9 Å². The molecule has 3 heteroatoms. The zero-order chi connectivity index (χ0) is 45.3. The van der Waals surface area contributed by atoms with Crippen molar-refractivity contribution >= 4 is 60.9 Å². The zero-order valence-electron chi connectivity index (χ0n) is 38.9. The van der Waals surface area contributed by atoms with Gasteiger partial charge in [-0.05, 0) is 152 Å². The number of anilines is 3. The maximum atomic E-state index is 6.78. The first kappa shape index (κ1) is 38.6. The van der Waals surface area contributed by atoms with E-state index < -0.39 is 0 Å². The molecular formula is C64H49NO2. The maximum Gasteiger partial charge on any atom is 0.143 e. The fourth-order valence-corrected chi connectivity index (χ4v) is 12.6. The molecule has 3 aliphatic carbocycles. The van der Waals surface area contributed by atoms with Gasteiger partial charge in [0.25, 0.3) is 0 Å². The topological polar surface area (TPSA) is 29.5 Å². The number of hydrogen-bond acceptors (Lipinski definition) is 3. The summed E-state index contributed by atoms with van der Waals surface area (Å²) in [6.07, 6.45) is 0. The monoisotopic (exact) mass is 863 g/mol. The molecule has 11 aromatic rings. The van der Waals surface area contributed by atoms with Crippen molar-refractivity contribution in [2.75, 3.05) is 4.90 Å². The summed E-state index contributed by atoms with van der Waals surface area (Å²) in [5.74, 6) is 0. The summed E-state index contributed by atoms with van der Waals surface area (Å²) in [4.78, 5) is 2.47. The number of nitrogens with zero attached hydrogens (tertiary/aromatic N) is 1. The normalized spacial score (nSPS) is 15.4. The van der Waals surface area contributed by atoms with Crippen LogP contribution >= 0.6 is 0 Å². The third-order valence-corrected chi connectivity index (χ3v) is 16.1. The molecule has 9 aromatic carbocycles. The molecule has 0 fully saturated rings. The summed E-state index contributed by atoms with van der Waals surface area (Å²) < 4.78 is 13.2. The van der Waals surface area contributed by atoms with Crippen LogP contribution in [0.3, 0.4) is 0 Å². The first-order valence-electron chi connectivity index (χ1n) is 23.7. The molecule has 0 aliphatic heterocycles. The predicted molar refractivity (Wildman–Crippen MR) is 279 cm³/mol. The van der Waals surface area contributed by atoms with Crippen LogP contribution in [0.1, 0.15) is 80.5 Å². The Bertz CT molecular complexity index is 3950. The number of aryl methyl sites for hydroxylation is 1. The number of benzene rings is 9. The molecule has 3 aliphatic rings. The lowest BCUT2D eigenvalue weighted by Crippen LogP contribution is -2.18. The van der Waals surface area contributed by atoms with E-state index in [1.54, 1.807) is 0 Å². The number of furan rings is 2. The van der Waals surface area contributed by atoms with Gasteiger partial charge in [-0.15, -0.1) is 0 Å². The van der Waals surface area contributed by atoms with Crippen LogP contribution in [0, 0.1) is 6.92 Å². The molecule has 14 rings (SSSR count). The van der Waals surface area contributed by atoms with Gasteiger partial charge in [-0.25, -0.2) is 0 Å². The Morgan fingerprint density at radius 3 is 1.61 bits per heavy atom. The molecule has 2 heterocycles. The van der Waals surface area contributed by atoms with Crippen molar-refractivity contribution < 1.29 is 8.83 Å². The lowest BCUT2D eigenvalue weighted by Gasteiger charge is -2.30. The van der Waals surface area contributed by atoms with Crippen molar-refractivity contribution in [2.45, 2.75) is 64.7 Å². The molecule has 0 amide bonds. The van der Waals surface area contributed by atoms with E-state index in [2.05, 4.69) is 223 Å². The summed E-state index contributed by atoms with van der Waals surface area (Å²) in [5.41, 5.74) is 26.0. The minimum atomic E-state index is -0.279. The van der Waals surface area contributed by atoms with E-state index in [0.29, 0.717) is 0 Å². The van der Waals surface area contributed by atoms with Crippen molar-refractivity contribution in [3.8, 4) is 44.5 Å². The highest BCUT2D eigenvalue weighted by atomic mass is 16.3. The van der Waals surface area contributed by atoms with E-state index in [4.69, 9.17) is 8.83 Å². The van der Waals surface area contributed by atoms with Crippen molar-refractivity contribution in [1.82, 2.24) is 0 Å². The van der Waals surface area contributed by atoms with Crippen molar-refractivity contribution in [3.63, 3.8) is 0 Å². The molecule has 0 atom stereocenters. The smallest absolute Gasteiger partial charge is 0.143 e. The summed E-state index contributed by atoms with van der Waals surface area (Å²) in [5, 5.41) is 4.76. The largest absolute Gasteiger partial charge is 0.456 e. The van der Waals surface area contributed by atoms with Crippen LogP contribution in [0.25, 0.3) is 88.4 Å². The van der Waals surface area contributed by atoms with Crippen LogP contribution in [0.15, 0.2) is 179 Å². The van der Waals surface area contributed by atoms with Gasteiger partial charge in [0.15, 0.2) is 0 Å². The summed E-state index contributed by atoms with van der Waals surface area (Å²) in [6.45, 7) is 16.6. The van der Waals surface area contributed by atoms with Crippen molar-refractivity contribution in [3.05, 3.63) is 209 Å². The fraction of sp³-hybridized carbons (Fsp3) is 0.156. The molecule has 0 unspecified atom stereocenters. The molecule has 322 valence electrons. The predicted octanol–water partition coefficient (Wildman–Crippen LogP) is 17.8. The molecule has 0 bridgehead atoms. The third kappa shape index (κ3) is 5.07. The molecule has 3 nitrogen and oxygen atoms in total. The van der Waals surface area contributed by atoms with Crippen LogP contribution in [-0.4, -0.2) is 0 Å². The van der Waals surface area contributed by atoms with E-state index in [1.807, 2.05) is 0 Å². The molecule has 67 heavy (non-hydrogen) atoms. The van der Waals surface area contributed by atoms with Gasteiger partial charge in [0, 0.05) is 60.4 Å². The SMILES string of the molecule is Cc1ccc(N(c2ccc3c(c2)C(C)(C)c2cc4c(cc2-3)C(C)(C)c2ccc3oc5ccccc5c3c2-4)c2ccc3c(c2)C(C)(C)c2cc(-c4ccccc4)c4oc5ccccc5c4c2-3)cc1. The Kier molecular flexibility index (Phi) is 7.52. The minimum absolute atomic E-state index is 0.165. The van der Waals surface area contributed by atoms with Gasteiger partial charge in [0.1, 0.15) is 22.3 Å². The second-order valence-corrected chi connectivity index (χ2v) is 20.9. The first-order valence-corrected chi connectivity index (χ1v) is 23.7. The highest BCUT2D eigenvalue weighted by Crippen LogP contribution is 2.60. The average Bonchev–Trinajstić information content (AvgIpc) is 4.08. The van der Waals surface area contributed by atoms with Gasteiger partial charge in [-0.2, -0.15) is 0 Å². The van der Waals surface area contributed by atoms with Crippen LogP contribution in [-0.2, 0) is 16.2 Å². The minimum Gasteiger partial charge on any atom is -0.456 e. The molecule has 0 N–H and O–H groups in total. The summed E-state index contributed by atoms with van der Waals surface area (Å²) in [7, 11) is 0. The fourth-order valence-electron chi connectivity index (χ4n) is 12.6. The number of rotatable bonds is 4. The van der Waals surface area contributed by atoms with E-state index in [1.165, 1.54) is 88.5 Å². The highest BCUT2D eigenvalue weighted by Gasteiger charge is 2.44. The van der Waals surface area contributed by atoms with E-state index in [-0.39, 0.29) is 16.2 Å². The maximum absolute atomic E-state index is 6.78. The first-order chi connectivity index (χ1) is 32.4. The molecular weight excluding hydrogens is 815 g/mol. The number of fused-ring (bicyclic) bond motifs is 17. The molecule has 0 spiro atoms. The molecule has 0 radical (unpaired) electrons. The van der Waals surface area contributed by atoms with Gasteiger partial charge in [-0.1, -0.05) is 144 Å². The number of para-hydroxylation sites is 2. The third-order valence-electron chi connectivity index (χ3n) is 16.1. The van der Waals surface area contributed by atoms with Gasteiger partial charge < -0.3 is 13.7 Å². The highest BCUT2D eigenvalue weighted by molar-refractivity contribution is 6.19. The molecule has 0 saturated heterocycles. The Hall–Kier alpha value is -7.62. The van der Waals surface area contributed by atoms with Gasteiger partial charge in [0.05, 0.1) is 0 Å². The summed E-state index contributed by atoms with van der Waals surface area (Å²) >= 11 is 0. The Morgan fingerprint density at radius 2 is 0.881 bits per heavy atom. The van der Waals surface area contributed by atoms with Crippen LogP contribution in [0.4, 0.5) is 17.1 Å². The molecule has 2 aromatic heterocycles. The second kappa shape index (κ2) is 13.0. The zero-order valence-corrected chi connectivity index (χ0v) is 38.9. The Labute approximate surface area is 390 Å². The van der Waals surface area contributed by atoms with Crippen LogP contribution < -0.4 is 4.90 Å². The second-order valence-electron chi connectivity index (χ2n) is 20.9. The lowest BCUT2D eigenvalue weighted by molar-refractivity contribution is 0.651. The number of hydrogen-bond donors (Lipinski definition) is 0. The van der Waals surface area contributed by atoms with Gasteiger partial charge in [0.2, 0.25) is 0 Å². The average molecular weight is 864 g/mol. The summed E-state index contributed by atoms with van der Waals surface area (Å²) in [6, 6.07) is 63.1. The van der Waals surface area contributed by atoms with Crippen LogP contribution in [0.2, 0.25) is 0 Å². The Balaban J connectivity index is 0.931. The Morgan fingerprint density at radius 1 is 0.358 bits per heavy atom. The van der Waals surface area contributed by atoms with Crippen LogP contribution in [0.5, 0.6) is 0 Å². The molecule has 0 saturated carbocycles. The quantitative estimate of drug-likeness (QED) is 0.177. The van der Waals surface area contributed by atoms with E-state index in [9.17, 15) is 0 Å². The van der Waals surface area contributed by atoms with E-state index >= 15 is 0 Å². The van der Waals surface area contributed by atoms with Crippen molar-refractivity contribution in [1.29, 1.82) is 0 Å².